The molecule has 140 valence electrons. The first-order valence-electron chi connectivity index (χ1n) is 7.99. The molecule has 1 saturated heterocycles. The van der Waals surface area contributed by atoms with Crippen LogP contribution in [0, 0.1) is 0 Å². The van der Waals surface area contributed by atoms with Crippen molar-refractivity contribution in [1.82, 2.24) is 24.9 Å². The normalized spacial score (nSPS) is 16.4. The van der Waals surface area contributed by atoms with Gasteiger partial charge in [-0.05, 0) is 13.8 Å². The summed E-state index contributed by atoms with van der Waals surface area (Å²) in [4.78, 5) is 27.4. The SMILES string of the molecule is CC(C)NC(=O)CN1CCN(C(=O)c2cn(C)nc2C(F)(F)F)CC1. The molecule has 7 nitrogen and oxygen atoms in total. The van der Waals surface area contributed by atoms with Crippen molar-refractivity contribution in [2.24, 2.45) is 7.05 Å². The first-order valence-corrected chi connectivity index (χ1v) is 7.99. The first kappa shape index (κ1) is 19.2. The number of piperazine rings is 1. The van der Waals surface area contributed by atoms with Gasteiger partial charge in [-0.2, -0.15) is 18.3 Å². The topological polar surface area (TPSA) is 70.5 Å². The van der Waals surface area contributed by atoms with E-state index in [4.69, 9.17) is 0 Å². The van der Waals surface area contributed by atoms with E-state index in [1.54, 1.807) is 0 Å². The van der Waals surface area contributed by atoms with E-state index in [1.807, 2.05) is 18.7 Å². The minimum Gasteiger partial charge on any atom is -0.353 e. The van der Waals surface area contributed by atoms with E-state index < -0.39 is 23.3 Å². The van der Waals surface area contributed by atoms with Crippen molar-refractivity contribution >= 4 is 11.8 Å². The number of rotatable bonds is 4. The number of hydrogen-bond acceptors (Lipinski definition) is 4. The second-order valence-electron chi connectivity index (χ2n) is 6.35. The van der Waals surface area contributed by atoms with Crippen LogP contribution < -0.4 is 5.32 Å². The van der Waals surface area contributed by atoms with Crippen LogP contribution >= 0.6 is 0 Å². The summed E-state index contributed by atoms with van der Waals surface area (Å²) >= 11 is 0. The molecular weight excluding hydrogens is 339 g/mol. The van der Waals surface area contributed by atoms with Gasteiger partial charge in [0.2, 0.25) is 5.91 Å². The average Bonchev–Trinajstić information content (AvgIpc) is 2.88. The lowest BCUT2D eigenvalue weighted by Crippen LogP contribution is -2.51. The average molecular weight is 361 g/mol. The molecule has 1 aromatic heterocycles. The van der Waals surface area contributed by atoms with Crippen molar-refractivity contribution in [3.8, 4) is 0 Å². The van der Waals surface area contributed by atoms with Crippen LogP contribution in [0.2, 0.25) is 0 Å². The number of nitrogens with zero attached hydrogens (tertiary/aromatic N) is 4. The van der Waals surface area contributed by atoms with E-state index in [-0.39, 0.29) is 31.6 Å². The molecule has 0 aromatic carbocycles. The van der Waals surface area contributed by atoms with E-state index in [0.717, 1.165) is 10.9 Å². The lowest BCUT2D eigenvalue weighted by atomic mass is 10.2. The van der Waals surface area contributed by atoms with Crippen LogP contribution in [0.1, 0.15) is 29.9 Å². The largest absolute Gasteiger partial charge is 0.435 e. The Kier molecular flexibility index (Phi) is 5.71. The van der Waals surface area contributed by atoms with Gasteiger partial charge in [0, 0.05) is 45.5 Å². The lowest BCUT2D eigenvalue weighted by Gasteiger charge is -2.34. The fourth-order valence-electron chi connectivity index (χ4n) is 2.70. The molecule has 1 aromatic rings. The molecule has 1 aliphatic rings. The fraction of sp³-hybridized carbons (Fsp3) is 0.667. The molecule has 0 spiro atoms. The van der Waals surface area contributed by atoms with Crippen LogP contribution in [-0.2, 0) is 18.0 Å². The number of carbonyl (C=O) groups excluding carboxylic acids is 2. The number of hydrogen-bond donors (Lipinski definition) is 1. The molecule has 2 amide bonds. The summed E-state index contributed by atoms with van der Waals surface area (Å²) in [5, 5.41) is 6.14. The number of nitrogens with one attached hydrogen (secondary N) is 1. The molecule has 10 heteroatoms. The standard InChI is InChI=1S/C15H22F3N5O2/c1-10(2)19-12(24)9-22-4-6-23(7-5-22)14(25)11-8-21(3)20-13(11)15(16,17)18/h8,10H,4-7,9H2,1-3H3,(H,19,24). The number of amides is 2. The van der Waals surface area contributed by atoms with Gasteiger partial charge >= 0.3 is 6.18 Å². The van der Waals surface area contributed by atoms with Gasteiger partial charge in [0.05, 0.1) is 12.1 Å². The van der Waals surface area contributed by atoms with Crippen LogP contribution in [-0.4, -0.2) is 70.2 Å². The molecule has 1 aliphatic heterocycles. The molecule has 0 unspecified atom stereocenters. The fourth-order valence-corrected chi connectivity index (χ4v) is 2.70. The Hall–Kier alpha value is -2.10. The second-order valence-corrected chi connectivity index (χ2v) is 6.35. The monoisotopic (exact) mass is 361 g/mol. The summed E-state index contributed by atoms with van der Waals surface area (Å²) in [6.45, 7) is 5.32. The van der Waals surface area contributed by atoms with Gasteiger partial charge in [-0.15, -0.1) is 0 Å². The molecule has 2 heterocycles. The Balaban J connectivity index is 1.97. The third-order valence-corrected chi connectivity index (χ3v) is 3.80. The Morgan fingerprint density at radius 1 is 1.24 bits per heavy atom. The maximum atomic E-state index is 13.0. The molecular formula is C15H22F3N5O2. The minimum absolute atomic E-state index is 0.0433. The highest BCUT2D eigenvalue weighted by Gasteiger charge is 2.40. The molecule has 0 aliphatic carbocycles. The van der Waals surface area contributed by atoms with Crippen LogP contribution in [0.25, 0.3) is 0 Å². The molecule has 0 radical (unpaired) electrons. The Morgan fingerprint density at radius 2 is 1.84 bits per heavy atom. The van der Waals surface area contributed by atoms with E-state index in [2.05, 4.69) is 10.4 Å². The zero-order valence-electron chi connectivity index (χ0n) is 14.4. The Bertz CT molecular complexity index is 634. The van der Waals surface area contributed by atoms with Crippen molar-refractivity contribution in [3.05, 3.63) is 17.5 Å². The van der Waals surface area contributed by atoms with Crippen LogP contribution in [0.15, 0.2) is 6.20 Å². The number of halogens is 3. The highest BCUT2D eigenvalue weighted by molar-refractivity contribution is 5.95. The molecule has 1 N–H and O–H groups in total. The van der Waals surface area contributed by atoms with Gasteiger partial charge < -0.3 is 10.2 Å². The van der Waals surface area contributed by atoms with Crippen molar-refractivity contribution < 1.29 is 22.8 Å². The predicted octanol–water partition coefficient (Wildman–Crippen LogP) is 0.721. The molecule has 2 rings (SSSR count). The van der Waals surface area contributed by atoms with Crippen LogP contribution in [0.3, 0.4) is 0 Å². The summed E-state index contributed by atoms with van der Waals surface area (Å²) in [5.74, 6) is -0.798. The number of alkyl halides is 3. The highest BCUT2D eigenvalue weighted by atomic mass is 19.4. The van der Waals surface area contributed by atoms with Gasteiger partial charge in [0.1, 0.15) is 0 Å². The Labute approximate surface area is 143 Å². The van der Waals surface area contributed by atoms with E-state index in [9.17, 15) is 22.8 Å². The van der Waals surface area contributed by atoms with E-state index in [0.29, 0.717) is 13.1 Å². The molecule has 0 saturated carbocycles. The first-order chi connectivity index (χ1) is 11.6. The predicted molar refractivity (Wildman–Crippen MR) is 83.8 cm³/mol. The Morgan fingerprint density at radius 3 is 2.36 bits per heavy atom. The van der Waals surface area contributed by atoms with Crippen LogP contribution in [0.4, 0.5) is 13.2 Å². The smallest absolute Gasteiger partial charge is 0.353 e. The quantitative estimate of drug-likeness (QED) is 0.858. The van der Waals surface area contributed by atoms with Crippen molar-refractivity contribution in [2.75, 3.05) is 32.7 Å². The summed E-state index contributed by atoms with van der Waals surface area (Å²) in [7, 11) is 1.34. The second kappa shape index (κ2) is 7.42. The minimum atomic E-state index is -4.68. The van der Waals surface area contributed by atoms with Crippen LogP contribution in [0.5, 0.6) is 0 Å². The summed E-state index contributed by atoms with van der Waals surface area (Å²) in [6, 6.07) is 0.0433. The van der Waals surface area contributed by atoms with Crippen molar-refractivity contribution in [2.45, 2.75) is 26.1 Å². The number of aromatic nitrogens is 2. The number of aryl methyl sites for hydroxylation is 1. The third kappa shape index (κ3) is 4.94. The summed E-state index contributed by atoms with van der Waals surface area (Å²) in [5.41, 5.74) is -1.61. The molecule has 1 fully saturated rings. The third-order valence-electron chi connectivity index (χ3n) is 3.80. The summed E-state index contributed by atoms with van der Waals surface area (Å²) in [6.07, 6.45) is -3.59. The highest BCUT2D eigenvalue weighted by Crippen LogP contribution is 2.31. The summed E-state index contributed by atoms with van der Waals surface area (Å²) < 4.78 is 40.0. The van der Waals surface area contributed by atoms with Gasteiger partial charge in [-0.3, -0.25) is 19.2 Å². The van der Waals surface area contributed by atoms with Gasteiger partial charge in [0.25, 0.3) is 5.91 Å². The zero-order chi connectivity index (χ0) is 18.8. The molecule has 0 atom stereocenters. The van der Waals surface area contributed by atoms with Crippen molar-refractivity contribution in [3.63, 3.8) is 0 Å². The van der Waals surface area contributed by atoms with Gasteiger partial charge in [-0.1, -0.05) is 0 Å². The number of carbonyl (C=O) groups is 2. The van der Waals surface area contributed by atoms with Gasteiger partial charge in [0.15, 0.2) is 5.69 Å². The lowest BCUT2D eigenvalue weighted by molar-refractivity contribution is -0.141. The zero-order valence-corrected chi connectivity index (χ0v) is 14.4. The molecule has 25 heavy (non-hydrogen) atoms. The van der Waals surface area contributed by atoms with E-state index >= 15 is 0 Å². The van der Waals surface area contributed by atoms with E-state index in [1.165, 1.54) is 11.9 Å². The maximum absolute atomic E-state index is 13.0. The van der Waals surface area contributed by atoms with Crippen molar-refractivity contribution in [1.29, 1.82) is 0 Å². The maximum Gasteiger partial charge on any atom is 0.435 e. The molecule has 0 bridgehead atoms. The van der Waals surface area contributed by atoms with Gasteiger partial charge in [-0.25, -0.2) is 0 Å².